The molecule has 5 heteroatoms. The number of rotatable bonds is 6. The molecule has 2 heterocycles. The van der Waals surface area contributed by atoms with E-state index in [1.807, 2.05) is 42.7 Å². The van der Waals surface area contributed by atoms with Crippen LogP contribution >= 0.6 is 0 Å². The van der Waals surface area contributed by atoms with E-state index in [9.17, 15) is 0 Å². The number of hydrogen-bond acceptors (Lipinski definition) is 4. The third-order valence-electron chi connectivity index (χ3n) is 3.64. The first-order valence-electron chi connectivity index (χ1n) is 7.26. The molecule has 1 unspecified atom stereocenters. The van der Waals surface area contributed by atoms with Crippen LogP contribution in [0.5, 0.6) is 0 Å². The van der Waals surface area contributed by atoms with E-state index < -0.39 is 0 Å². The predicted octanol–water partition coefficient (Wildman–Crippen LogP) is 2.79. The Labute approximate surface area is 123 Å². The van der Waals surface area contributed by atoms with Crippen molar-refractivity contribution in [1.82, 2.24) is 15.0 Å². The molecule has 2 aromatic heterocycles. The van der Waals surface area contributed by atoms with Gasteiger partial charge < -0.3 is 8.98 Å². The van der Waals surface area contributed by atoms with Gasteiger partial charge in [0.25, 0.3) is 0 Å². The lowest BCUT2D eigenvalue weighted by atomic mass is 10.1. The second-order valence-corrected chi connectivity index (χ2v) is 5.15. The van der Waals surface area contributed by atoms with E-state index in [0.29, 0.717) is 6.42 Å². The number of furan rings is 1. The maximum Gasteiger partial charge on any atom is 0.134 e. The van der Waals surface area contributed by atoms with Gasteiger partial charge in [0.1, 0.15) is 17.2 Å². The molecule has 3 N–H and O–H groups in total. The van der Waals surface area contributed by atoms with Crippen LogP contribution in [0, 0.1) is 0 Å². The van der Waals surface area contributed by atoms with Crippen molar-refractivity contribution in [2.75, 3.05) is 0 Å². The Hall–Kier alpha value is -2.11. The molecule has 1 atom stereocenters. The van der Waals surface area contributed by atoms with Crippen LogP contribution in [0.25, 0.3) is 11.0 Å². The highest BCUT2D eigenvalue weighted by atomic mass is 16.3. The van der Waals surface area contributed by atoms with Crippen LogP contribution in [0.3, 0.4) is 0 Å². The Kier molecular flexibility index (Phi) is 4.03. The molecule has 0 bridgehead atoms. The van der Waals surface area contributed by atoms with E-state index in [-0.39, 0.29) is 6.04 Å². The number of nitrogens with one attached hydrogen (secondary N) is 1. The third-order valence-corrected chi connectivity index (χ3v) is 3.64. The summed E-state index contributed by atoms with van der Waals surface area (Å²) in [5.74, 6) is 7.57. The fourth-order valence-corrected chi connectivity index (χ4v) is 2.57. The van der Waals surface area contributed by atoms with Crippen molar-refractivity contribution < 1.29 is 4.42 Å². The minimum Gasteiger partial charge on any atom is -0.459 e. The minimum absolute atomic E-state index is 0.0876. The summed E-state index contributed by atoms with van der Waals surface area (Å²) in [5, 5.41) is 1.09. The summed E-state index contributed by atoms with van der Waals surface area (Å²) >= 11 is 0. The maximum atomic E-state index is 5.89. The average Bonchev–Trinajstić information content (AvgIpc) is 3.11. The maximum absolute atomic E-state index is 5.89. The van der Waals surface area contributed by atoms with Gasteiger partial charge >= 0.3 is 0 Å². The second-order valence-electron chi connectivity index (χ2n) is 5.15. The lowest BCUT2D eigenvalue weighted by Gasteiger charge is -2.14. The van der Waals surface area contributed by atoms with E-state index in [2.05, 4.69) is 21.9 Å². The Balaban J connectivity index is 1.85. The first kappa shape index (κ1) is 13.9. The number of hydrogen-bond donors (Lipinski definition) is 2. The van der Waals surface area contributed by atoms with Crippen LogP contribution in [-0.2, 0) is 13.0 Å². The van der Waals surface area contributed by atoms with Gasteiger partial charge in [-0.05, 0) is 18.6 Å². The highest BCUT2D eigenvalue weighted by molar-refractivity contribution is 5.77. The summed E-state index contributed by atoms with van der Waals surface area (Å²) < 4.78 is 8.05. The normalized spacial score (nSPS) is 12.9. The molecule has 1 aromatic carbocycles. The van der Waals surface area contributed by atoms with E-state index in [1.54, 1.807) is 0 Å². The molecular formula is C16H20N4O. The molecule has 0 saturated carbocycles. The number of benzene rings is 1. The molecule has 110 valence electrons. The lowest BCUT2D eigenvalue weighted by molar-refractivity contribution is 0.423. The molecule has 21 heavy (non-hydrogen) atoms. The number of hydrazine groups is 1. The molecule has 0 amide bonds. The molecule has 0 spiro atoms. The van der Waals surface area contributed by atoms with Gasteiger partial charge in [0, 0.05) is 30.7 Å². The Morgan fingerprint density at radius 1 is 1.38 bits per heavy atom. The van der Waals surface area contributed by atoms with Gasteiger partial charge in [0.2, 0.25) is 0 Å². The zero-order chi connectivity index (χ0) is 14.7. The molecule has 3 aromatic rings. The zero-order valence-corrected chi connectivity index (χ0v) is 12.1. The van der Waals surface area contributed by atoms with Gasteiger partial charge in [-0.1, -0.05) is 25.1 Å². The monoisotopic (exact) mass is 284 g/mol. The molecule has 0 aliphatic carbocycles. The van der Waals surface area contributed by atoms with Gasteiger partial charge in [-0.25, -0.2) is 10.4 Å². The minimum atomic E-state index is -0.0876. The van der Waals surface area contributed by atoms with Crippen LogP contribution in [0.2, 0.25) is 0 Å². The van der Waals surface area contributed by atoms with Crippen LogP contribution in [0.1, 0.15) is 31.0 Å². The number of aromatic nitrogens is 2. The highest BCUT2D eigenvalue weighted by Crippen LogP contribution is 2.25. The third kappa shape index (κ3) is 2.84. The summed E-state index contributed by atoms with van der Waals surface area (Å²) in [5.41, 5.74) is 3.72. The van der Waals surface area contributed by atoms with Crippen molar-refractivity contribution in [3.63, 3.8) is 0 Å². The van der Waals surface area contributed by atoms with E-state index in [4.69, 9.17) is 10.3 Å². The Bertz CT molecular complexity index is 683. The molecule has 0 aliphatic rings. The van der Waals surface area contributed by atoms with E-state index in [0.717, 1.165) is 35.5 Å². The SMILES string of the molecule is CCCn1ccnc1CC(NN)c1cc2ccccc2o1. The topological polar surface area (TPSA) is 69.0 Å². The standard InChI is InChI=1S/C16H20N4O/c1-2-8-20-9-7-18-16(20)11-13(19-17)15-10-12-5-3-4-6-14(12)21-15/h3-7,9-10,13,19H,2,8,11,17H2,1H3. The summed E-state index contributed by atoms with van der Waals surface area (Å²) in [6.45, 7) is 3.12. The fourth-order valence-electron chi connectivity index (χ4n) is 2.57. The van der Waals surface area contributed by atoms with Crippen LogP contribution in [0.4, 0.5) is 0 Å². The van der Waals surface area contributed by atoms with Gasteiger partial charge in [-0.2, -0.15) is 0 Å². The largest absolute Gasteiger partial charge is 0.459 e. The first-order valence-corrected chi connectivity index (χ1v) is 7.26. The van der Waals surface area contributed by atoms with Crippen molar-refractivity contribution in [2.45, 2.75) is 32.4 Å². The van der Waals surface area contributed by atoms with Crippen molar-refractivity contribution >= 4 is 11.0 Å². The molecule has 0 aliphatic heterocycles. The molecule has 0 saturated heterocycles. The van der Waals surface area contributed by atoms with Crippen molar-refractivity contribution in [3.8, 4) is 0 Å². The van der Waals surface area contributed by atoms with Crippen LogP contribution in [0.15, 0.2) is 47.1 Å². The smallest absolute Gasteiger partial charge is 0.134 e. The molecular weight excluding hydrogens is 264 g/mol. The average molecular weight is 284 g/mol. The number of para-hydroxylation sites is 1. The van der Waals surface area contributed by atoms with E-state index in [1.165, 1.54) is 0 Å². The highest BCUT2D eigenvalue weighted by Gasteiger charge is 2.18. The number of imidazole rings is 1. The van der Waals surface area contributed by atoms with Gasteiger partial charge in [-0.3, -0.25) is 5.84 Å². The Morgan fingerprint density at radius 2 is 2.24 bits per heavy atom. The number of nitrogens with zero attached hydrogens (tertiary/aromatic N) is 2. The quantitative estimate of drug-likeness (QED) is 0.539. The summed E-state index contributed by atoms with van der Waals surface area (Å²) in [6.07, 6.45) is 5.61. The van der Waals surface area contributed by atoms with Crippen molar-refractivity contribution in [3.05, 3.63) is 54.3 Å². The summed E-state index contributed by atoms with van der Waals surface area (Å²) in [7, 11) is 0. The van der Waals surface area contributed by atoms with Crippen LogP contribution < -0.4 is 11.3 Å². The summed E-state index contributed by atoms with van der Waals surface area (Å²) in [6, 6.07) is 9.91. The number of nitrogens with two attached hydrogens (primary N) is 1. The van der Waals surface area contributed by atoms with Gasteiger partial charge in [0.15, 0.2) is 0 Å². The molecule has 5 nitrogen and oxygen atoms in total. The van der Waals surface area contributed by atoms with Crippen molar-refractivity contribution in [1.29, 1.82) is 0 Å². The van der Waals surface area contributed by atoms with E-state index >= 15 is 0 Å². The zero-order valence-electron chi connectivity index (χ0n) is 12.1. The second kappa shape index (κ2) is 6.11. The molecule has 0 fully saturated rings. The van der Waals surface area contributed by atoms with Crippen LogP contribution in [-0.4, -0.2) is 9.55 Å². The predicted molar refractivity (Wildman–Crippen MR) is 82.5 cm³/mol. The number of fused-ring (bicyclic) bond motifs is 1. The van der Waals surface area contributed by atoms with Gasteiger partial charge in [0.05, 0.1) is 6.04 Å². The van der Waals surface area contributed by atoms with Crippen molar-refractivity contribution in [2.24, 2.45) is 5.84 Å². The molecule has 0 radical (unpaired) electrons. The summed E-state index contributed by atoms with van der Waals surface area (Å²) in [4.78, 5) is 4.43. The van der Waals surface area contributed by atoms with Gasteiger partial charge in [-0.15, -0.1) is 0 Å². The number of aryl methyl sites for hydroxylation is 1. The fraction of sp³-hybridized carbons (Fsp3) is 0.312. The lowest BCUT2D eigenvalue weighted by Crippen LogP contribution is -2.30. The molecule has 3 rings (SSSR count). The Morgan fingerprint density at radius 3 is 3.00 bits per heavy atom. The first-order chi connectivity index (χ1) is 10.3.